The Morgan fingerprint density at radius 1 is 1.33 bits per heavy atom. The number of nitrogens with one attached hydrogen (secondary N) is 1. The Morgan fingerprint density at radius 2 is 1.96 bits per heavy atom. The number of allylic oxidation sites excluding steroid dienone is 3. The summed E-state index contributed by atoms with van der Waals surface area (Å²) in [5, 5.41) is 11.8. The number of carbonyl (C=O) groups excluding carboxylic acids is 2. The summed E-state index contributed by atoms with van der Waals surface area (Å²) in [5.74, 6) is -0.813. The highest BCUT2D eigenvalue weighted by Gasteiger charge is 2.44. The number of hydrogen-bond donors (Lipinski definition) is 2. The Balaban J connectivity index is 2.25. The molecule has 7 heteroatoms. The summed E-state index contributed by atoms with van der Waals surface area (Å²) in [6.07, 6.45) is 0.917. The minimum Gasteiger partial charge on any atom is -0.383 e. The van der Waals surface area contributed by atoms with E-state index in [-0.39, 0.29) is 28.5 Å². The lowest BCUT2D eigenvalue weighted by Crippen LogP contribution is -2.49. The lowest BCUT2D eigenvalue weighted by molar-refractivity contribution is -0.123. The number of carbonyl (C=O) groups is 2. The Bertz CT molecular complexity index is 922. The predicted molar refractivity (Wildman–Crippen MR) is 102 cm³/mol. The fraction of sp³-hybridized carbons (Fsp3) is 0.350. The Kier molecular flexibility index (Phi) is 4.75. The maximum absolute atomic E-state index is 13.1. The molecule has 1 aromatic carbocycles. The van der Waals surface area contributed by atoms with Gasteiger partial charge in [-0.2, -0.15) is 5.26 Å². The second kappa shape index (κ2) is 6.75. The molecule has 1 atom stereocenters. The van der Waals surface area contributed by atoms with Crippen LogP contribution in [0.3, 0.4) is 0 Å². The molecule has 0 saturated carbocycles. The molecule has 1 aliphatic heterocycles. The van der Waals surface area contributed by atoms with Gasteiger partial charge in [0.25, 0.3) is 0 Å². The Labute approximate surface area is 163 Å². The van der Waals surface area contributed by atoms with Gasteiger partial charge in [-0.05, 0) is 29.5 Å². The third-order valence-electron chi connectivity index (χ3n) is 4.85. The van der Waals surface area contributed by atoms with Crippen LogP contribution in [0.5, 0.6) is 0 Å². The van der Waals surface area contributed by atoms with Gasteiger partial charge >= 0.3 is 0 Å². The van der Waals surface area contributed by atoms with Crippen molar-refractivity contribution in [1.82, 2.24) is 10.4 Å². The second-order valence-corrected chi connectivity index (χ2v) is 8.14. The van der Waals surface area contributed by atoms with E-state index in [1.165, 1.54) is 11.9 Å². The molecule has 3 N–H and O–H groups in total. The molecule has 2 aliphatic rings. The number of hydrogen-bond acceptors (Lipinski definition) is 5. The number of hydrazine groups is 1. The molecule has 6 nitrogen and oxygen atoms in total. The molecule has 27 heavy (non-hydrogen) atoms. The van der Waals surface area contributed by atoms with Crippen LogP contribution in [-0.2, 0) is 9.59 Å². The van der Waals surface area contributed by atoms with E-state index in [1.54, 1.807) is 24.3 Å². The molecular weight excluding hydrogens is 364 g/mol. The summed E-state index contributed by atoms with van der Waals surface area (Å²) in [5.41, 5.74) is 10.8. The molecule has 0 radical (unpaired) electrons. The van der Waals surface area contributed by atoms with Gasteiger partial charge in [-0.1, -0.05) is 37.6 Å². The average Bonchev–Trinajstić information content (AvgIpc) is 2.57. The summed E-state index contributed by atoms with van der Waals surface area (Å²) >= 11 is 6.00. The van der Waals surface area contributed by atoms with Crippen molar-refractivity contribution in [2.75, 3.05) is 0 Å². The van der Waals surface area contributed by atoms with E-state index < -0.39 is 5.92 Å². The number of halogens is 1. The fourth-order valence-corrected chi connectivity index (χ4v) is 3.91. The Morgan fingerprint density at radius 3 is 2.52 bits per heavy atom. The van der Waals surface area contributed by atoms with Crippen LogP contribution in [0.25, 0.3) is 0 Å². The maximum Gasteiger partial charge on any atom is 0.235 e. The third-order valence-corrected chi connectivity index (χ3v) is 5.11. The maximum atomic E-state index is 13.1. The van der Waals surface area contributed by atoms with Gasteiger partial charge in [0, 0.05) is 23.9 Å². The van der Waals surface area contributed by atoms with Crippen LogP contribution in [-0.4, -0.2) is 16.7 Å². The molecule has 0 unspecified atom stereocenters. The number of rotatable bonds is 2. The first kappa shape index (κ1) is 19.0. The number of ketones is 1. The van der Waals surface area contributed by atoms with Crippen LogP contribution in [0.2, 0.25) is 5.02 Å². The van der Waals surface area contributed by atoms with Crippen LogP contribution in [0.4, 0.5) is 0 Å². The van der Waals surface area contributed by atoms with Gasteiger partial charge in [0.2, 0.25) is 5.91 Å². The van der Waals surface area contributed by atoms with Crippen LogP contribution in [0.1, 0.15) is 45.1 Å². The van der Waals surface area contributed by atoms with Crippen molar-refractivity contribution in [2.45, 2.75) is 39.5 Å². The first-order valence-corrected chi connectivity index (χ1v) is 9.01. The molecule has 0 spiro atoms. The topological polar surface area (TPSA) is 99.2 Å². The van der Waals surface area contributed by atoms with E-state index in [1.807, 2.05) is 13.8 Å². The number of nitrogens with two attached hydrogens (primary N) is 1. The van der Waals surface area contributed by atoms with Crippen molar-refractivity contribution in [3.05, 3.63) is 57.5 Å². The minimum atomic E-state index is -0.573. The van der Waals surface area contributed by atoms with Gasteiger partial charge in [0.1, 0.15) is 5.82 Å². The van der Waals surface area contributed by atoms with Gasteiger partial charge in [-0.15, -0.1) is 0 Å². The molecule has 1 heterocycles. The van der Waals surface area contributed by atoms with E-state index in [2.05, 4.69) is 11.5 Å². The van der Waals surface area contributed by atoms with E-state index in [9.17, 15) is 14.9 Å². The zero-order valence-corrected chi connectivity index (χ0v) is 16.2. The quantitative estimate of drug-likeness (QED) is 0.816. The lowest BCUT2D eigenvalue weighted by Gasteiger charge is -2.43. The van der Waals surface area contributed by atoms with E-state index in [0.29, 0.717) is 29.1 Å². The molecule has 0 fully saturated rings. The number of nitriles is 1. The van der Waals surface area contributed by atoms with Crippen molar-refractivity contribution in [3.8, 4) is 6.07 Å². The summed E-state index contributed by atoms with van der Waals surface area (Å²) < 4.78 is 0. The highest BCUT2D eigenvalue weighted by atomic mass is 35.5. The molecule has 1 aromatic rings. The smallest absolute Gasteiger partial charge is 0.235 e. The number of amides is 1. The Hall–Kier alpha value is -2.78. The van der Waals surface area contributed by atoms with Crippen LogP contribution in [0, 0.1) is 16.7 Å². The van der Waals surface area contributed by atoms with Crippen molar-refractivity contribution in [1.29, 1.82) is 5.26 Å². The molecule has 0 saturated heterocycles. The largest absolute Gasteiger partial charge is 0.383 e. The lowest BCUT2D eigenvalue weighted by atomic mass is 9.69. The van der Waals surface area contributed by atoms with Crippen LogP contribution < -0.4 is 11.2 Å². The highest BCUT2D eigenvalue weighted by molar-refractivity contribution is 6.30. The van der Waals surface area contributed by atoms with Gasteiger partial charge < -0.3 is 5.73 Å². The van der Waals surface area contributed by atoms with E-state index in [4.69, 9.17) is 17.3 Å². The fourth-order valence-electron chi connectivity index (χ4n) is 3.78. The summed E-state index contributed by atoms with van der Waals surface area (Å²) in [6, 6.07) is 9.17. The molecule has 0 bridgehead atoms. The summed E-state index contributed by atoms with van der Waals surface area (Å²) in [6.45, 7) is 5.36. The summed E-state index contributed by atoms with van der Waals surface area (Å²) in [7, 11) is 0. The van der Waals surface area contributed by atoms with Crippen LogP contribution in [0.15, 0.2) is 46.9 Å². The zero-order chi connectivity index (χ0) is 19.9. The van der Waals surface area contributed by atoms with Crippen LogP contribution >= 0.6 is 11.6 Å². The average molecular weight is 385 g/mol. The SMILES string of the molecule is CC(=O)NN1C(N)=C(C#N)[C@H](c2ccc(Cl)cc2)C2=C1CC(C)(C)CC2=O. The van der Waals surface area contributed by atoms with Gasteiger partial charge in [0.15, 0.2) is 5.78 Å². The molecule has 3 rings (SSSR count). The highest BCUT2D eigenvalue weighted by Crippen LogP contribution is 2.48. The van der Waals surface area contributed by atoms with Gasteiger partial charge in [0.05, 0.1) is 23.3 Å². The second-order valence-electron chi connectivity index (χ2n) is 7.70. The normalized spacial score (nSPS) is 21.7. The molecule has 140 valence electrons. The number of nitrogens with zero attached hydrogens (tertiary/aromatic N) is 2. The predicted octanol–water partition coefficient (Wildman–Crippen LogP) is 3.13. The number of benzene rings is 1. The van der Waals surface area contributed by atoms with Gasteiger partial charge in [-0.25, -0.2) is 5.01 Å². The number of Topliss-reactive ketones (excluding diaryl/α,β-unsaturated/α-hetero) is 1. The summed E-state index contributed by atoms with van der Waals surface area (Å²) in [4.78, 5) is 24.8. The zero-order valence-electron chi connectivity index (χ0n) is 15.5. The van der Waals surface area contributed by atoms with Crippen molar-refractivity contribution in [2.24, 2.45) is 11.1 Å². The first-order valence-electron chi connectivity index (χ1n) is 8.63. The molecule has 1 aliphatic carbocycles. The third kappa shape index (κ3) is 3.43. The van der Waals surface area contributed by atoms with Gasteiger partial charge in [-0.3, -0.25) is 15.0 Å². The first-order chi connectivity index (χ1) is 12.6. The monoisotopic (exact) mass is 384 g/mol. The van der Waals surface area contributed by atoms with E-state index >= 15 is 0 Å². The molecule has 1 amide bonds. The molecule has 0 aromatic heterocycles. The van der Waals surface area contributed by atoms with Crippen molar-refractivity contribution in [3.63, 3.8) is 0 Å². The standard InChI is InChI=1S/C20H21ClN4O2/c1-11(26)24-25-15-8-20(2,3)9-16(27)18(15)17(14(10-22)19(25)23)12-4-6-13(21)7-5-12/h4-7,17H,8-9,23H2,1-3H3,(H,24,26)/t17-/m0/s1. The van der Waals surface area contributed by atoms with E-state index in [0.717, 1.165) is 5.56 Å². The van der Waals surface area contributed by atoms with Crippen molar-refractivity contribution >= 4 is 23.3 Å². The minimum absolute atomic E-state index is 0.0446. The van der Waals surface area contributed by atoms with Crippen molar-refractivity contribution < 1.29 is 9.59 Å². The molecular formula is C20H21ClN4O2.